The number of guanidine groups is 1. The van der Waals surface area contributed by atoms with E-state index < -0.39 is 35.7 Å². The van der Waals surface area contributed by atoms with Crippen molar-refractivity contribution in [1.82, 2.24) is 4.90 Å². The van der Waals surface area contributed by atoms with Gasteiger partial charge in [-0.05, 0) is 48.4 Å². The van der Waals surface area contributed by atoms with E-state index in [1.165, 1.54) is 32.2 Å². The normalized spacial score (nSPS) is 15.0. The molecule has 0 aromatic heterocycles. The maximum Gasteiger partial charge on any atom is 0.416 e. The highest BCUT2D eigenvalue weighted by Crippen LogP contribution is 2.42. The van der Waals surface area contributed by atoms with Crippen LogP contribution in [0.15, 0.2) is 53.7 Å². The molecule has 0 spiro atoms. The van der Waals surface area contributed by atoms with Crippen LogP contribution in [-0.2, 0) is 36.4 Å². The predicted octanol–water partition coefficient (Wildman–Crippen LogP) is 4.35. The van der Waals surface area contributed by atoms with E-state index >= 15 is 0 Å². The molecule has 1 atom stereocenters. The summed E-state index contributed by atoms with van der Waals surface area (Å²) >= 11 is 0. The SMILES string of the molecule is COC=O.COCCC[N+](C)(C)CCc1cc(C#N)ccc1[C@@H]1C(C(=O)OC)=C(C)N(c2cccc(C(F)(F)F)c2)C(=N)N1C(N)=O. The second-order valence-electron chi connectivity index (χ2n) is 11.1. The Morgan fingerprint density at radius 2 is 1.79 bits per heavy atom. The number of alkyl halides is 3. The summed E-state index contributed by atoms with van der Waals surface area (Å²) in [6.45, 7) is 3.87. The standard InChI is InChI=1S/C30H35F3N6O4.C2H4O2/c1-19-25(27(40)43-5)26(24-11-10-20(18-34)16-21(24)12-14-39(2,3)13-7-15-42-4)38(29(36)41)28(35)37(19)23-9-6-8-22(17-23)30(31,32)33;1-4-2-3/h6,8-11,16-17,26,35H,7,12-15H2,1-5H3,(H-,36,41);2H,1H3/p+1/t26-;/m1./s1. The highest BCUT2D eigenvalue weighted by Gasteiger charge is 2.44. The number of hydrogen-bond donors (Lipinski definition) is 2. The van der Waals surface area contributed by atoms with E-state index in [9.17, 15) is 28.0 Å². The molecular weight excluding hydrogens is 621 g/mol. The van der Waals surface area contributed by atoms with Crippen molar-refractivity contribution in [2.45, 2.75) is 32.0 Å². The Labute approximate surface area is 271 Å². The zero-order valence-electron chi connectivity index (χ0n) is 27.2. The smallest absolute Gasteiger partial charge is 0.416 e. The third-order valence-electron chi connectivity index (χ3n) is 7.53. The maximum atomic E-state index is 13.6. The van der Waals surface area contributed by atoms with E-state index in [0.29, 0.717) is 47.2 Å². The number of nitrogens with one attached hydrogen (secondary N) is 1. The van der Waals surface area contributed by atoms with Crippen molar-refractivity contribution in [2.24, 2.45) is 5.73 Å². The van der Waals surface area contributed by atoms with Gasteiger partial charge in [-0.1, -0.05) is 12.1 Å². The molecule has 0 radical (unpaired) electrons. The number of nitriles is 1. The number of primary amides is 1. The van der Waals surface area contributed by atoms with Gasteiger partial charge in [0.25, 0.3) is 6.47 Å². The topological polar surface area (TPSA) is 159 Å². The summed E-state index contributed by atoms with van der Waals surface area (Å²) in [4.78, 5) is 37.2. The molecule has 0 saturated carbocycles. The first-order chi connectivity index (χ1) is 22.1. The number of quaternary nitrogens is 1. The Hall–Kier alpha value is -4.94. The molecule has 12 nitrogen and oxygen atoms in total. The average Bonchev–Trinajstić information content (AvgIpc) is 3.02. The highest BCUT2D eigenvalue weighted by molar-refractivity contribution is 6.10. The number of halogens is 3. The number of urea groups is 1. The van der Waals surface area contributed by atoms with E-state index in [4.69, 9.17) is 25.4 Å². The van der Waals surface area contributed by atoms with Crippen LogP contribution in [0.4, 0.5) is 23.7 Å². The zero-order chi connectivity index (χ0) is 35.5. The van der Waals surface area contributed by atoms with Crippen molar-refractivity contribution in [1.29, 1.82) is 10.7 Å². The third kappa shape index (κ3) is 9.53. The second-order valence-corrected chi connectivity index (χ2v) is 11.1. The lowest BCUT2D eigenvalue weighted by Crippen LogP contribution is -2.55. The molecule has 254 valence electrons. The molecule has 1 aliphatic rings. The number of carbonyl (C=O) groups excluding carboxylic acids is 3. The van der Waals surface area contributed by atoms with E-state index in [-0.39, 0.29) is 17.0 Å². The number of anilines is 1. The van der Waals surface area contributed by atoms with Gasteiger partial charge in [0.05, 0.1) is 70.8 Å². The van der Waals surface area contributed by atoms with Crippen molar-refractivity contribution in [2.75, 3.05) is 60.0 Å². The molecule has 2 aromatic rings. The minimum atomic E-state index is -4.67. The first-order valence-electron chi connectivity index (χ1n) is 14.3. The molecule has 47 heavy (non-hydrogen) atoms. The van der Waals surface area contributed by atoms with Crippen molar-refractivity contribution in [3.05, 3.63) is 76.0 Å². The Bertz CT molecular complexity index is 1540. The Morgan fingerprint density at radius 3 is 2.32 bits per heavy atom. The van der Waals surface area contributed by atoms with Crippen molar-refractivity contribution < 1.29 is 46.2 Å². The minimum Gasteiger partial charge on any atom is -0.471 e. The first kappa shape index (κ1) is 38.2. The van der Waals surface area contributed by atoms with E-state index in [2.05, 4.69) is 10.8 Å². The van der Waals surface area contributed by atoms with E-state index in [1.54, 1.807) is 19.2 Å². The van der Waals surface area contributed by atoms with Gasteiger partial charge < -0.3 is 24.4 Å². The number of nitrogens with two attached hydrogens (primary N) is 1. The number of esters is 1. The Balaban J connectivity index is 0.00000181. The van der Waals surface area contributed by atoms with Crippen LogP contribution in [0.2, 0.25) is 0 Å². The zero-order valence-corrected chi connectivity index (χ0v) is 27.2. The highest BCUT2D eigenvalue weighted by atomic mass is 19.4. The van der Waals surface area contributed by atoms with Crippen LogP contribution in [0, 0.1) is 16.7 Å². The molecule has 3 N–H and O–H groups in total. The monoisotopic (exact) mass is 661 g/mol. The lowest BCUT2D eigenvalue weighted by Gasteiger charge is -2.43. The fourth-order valence-electron chi connectivity index (χ4n) is 5.20. The first-order valence-corrected chi connectivity index (χ1v) is 14.3. The number of hydrogen-bond acceptors (Lipinski definition) is 8. The van der Waals surface area contributed by atoms with E-state index in [1.807, 2.05) is 14.1 Å². The van der Waals surface area contributed by atoms with Gasteiger partial charge in [-0.15, -0.1) is 0 Å². The summed E-state index contributed by atoms with van der Waals surface area (Å²) in [6, 6.07) is 8.76. The lowest BCUT2D eigenvalue weighted by molar-refractivity contribution is -0.890. The third-order valence-corrected chi connectivity index (χ3v) is 7.53. The van der Waals surface area contributed by atoms with Crippen LogP contribution in [-0.4, -0.2) is 88.9 Å². The van der Waals surface area contributed by atoms with E-state index in [0.717, 1.165) is 42.0 Å². The van der Waals surface area contributed by atoms with Gasteiger partial charge in [0.1, 0.15) is 6.04 Å². The van der Waals surface area contributed by atoms with Crippen LogP contribution in [0.5, 0.6) is 0 Å². The number of carbonyl (C=O) groups is 3. The number of ether oxygens (including phenoxy) is 3. The number of benzene rings is 2. The van der Waals surface area contributed by atoms with Crippen LogP contribution in [0.1, 0.15) is 41.6 Å². The molecule has 1 aliphatic heterocycles. The van der Waals surface area contributed by atoms with Gasteiger partial charge in [0, 0.05) is 31.3 Å². The summed E-state index contributed by atoms with van der Waals surface area (Å²) in [6.07, 6.45) is -3.41. The molecule has 1 heterocycles. The Kier molecular flexibility index (Phi) is 13.5. The molecule has 0 unspecified atom stereocenters. The largest absolute Gasteiger partial charge is 0.471 e. The van der Waals surface area contributed by atoms with Crippen molar-refractivity contribution in [3.63, 3.8) is 0 Å². The molecule has 0 fully saturated rings. The summed E-state index contributed by atoms with van der Waals surface area (Å²) in [5, 5.41) is 18.6. The number of rotatable bonds is 11. The minimum absolute atomic E-state index is 0.0876. The van der Waals surface area contributed by atoms with Gasteiger partial charge >= 0.3 is 18.2 Å². The fourth-order valence-corrected chi connectivity index (χ4v) is 5.20. The Morgan fingerprint density at radius 1 is 1.13 bits per heavy atom. The fraction of sp³-hybridized carbons (Fsp3) is 0.406. The van der Waals surface area contributed by atoms with Gasteiger partial charge in [0.2, 0.25) is 5.96 Å². The average molecular weight is 662 g/mol. The predicted molar refractivity (Wildman–Crippen MR) is 167 cm³/mol. The van der Waals surface area contributed by atoms with Crippen LogP contribution < -0.4 is 10.6 Å². The summed E-state index contributed by atoms with van der Waals surface area (Å²) < 4.78 is 55.4. The van der Waals surface area contributed by atoms with Gasteiger partial charge in [-0.3, -0.25) is 20.0 Å². The number of likely N-dealkylation sites (N-methyl/N-ethyl adjacent to an activating group) is 1. The van der Waals surface area contributed by atoms with Crippen molar-refractivity contribution in [3.8, 4) is 6.07 Å². The number of allylic oxidation sites excluding steroid dienone is 1. The quantitative estimate of drug-likeness (QED) is 0.156. The second kappa shape index (κ2) is 16.6. The van der Waals surface area contributed by atoms with Crippen LogP contribution in [0.3, 0.4) is 0 Å². The molecule has 3 rings (SSSR count). The molecule has 2 amide bonds. The molecule has 0 bridgehead atoms. The summed E-state index contributed by atoms with van der Waals surface area (Å²) in [5.41, 5.74) is 6.14. The lowest BCUT2D eigenvalue weighted by atomic mass is 9.87. The van der Waals surface area contributed by atoms with Gasteiger partial charge in [0.15, 0.2) is 0 Å². The molecular formula is C32H40F3N6O6+. The van der Waals surface area contributed by atoms with Gasteiger partial charge in [-0.2, -0.15) is 18.4 Å². The molecule has 0 aliphatic carbocycles. The van der Waals surface area contributed by atoms with Crippen LogP contribution >= 0.6 is 0 Å². The maximum absolute atomic E-state index is 13.6. The molecule has 0 saturated heterocycles. The molecule has 2 aromatic carbocycles. The summed E-state index contributed by atoms with van der Waals surface area (Å²) in [5.74, 6) is -1.41. The number of nitrogens with zero attached hydrogens (tertiary/aromatic N) is 4. The molecule has 15 heteroatoms. The summed E-state index contributed by atoms with van der Waals surface area (Å²) in [7, 11) is 8.18. The van der Waals surface area contributed by atoms with Gasteiger partial charge in [-0.25, -0.2) is 9.59 Å². The van der Waals surface area contributed by atoms with Crippen LogP contribution in [0.25, 0.3) is 0 Å². The van der Waals surface area contributed by atoms with Crippen molar-refractivity contribution >= 4 is 30.1 Å². The number of amides is 2. The number of methoxy groups -OCH3 is 3.